The fourth-order valence-corrected chi connectivity index (χ4v) is 3.57. The summed E-state index contributed by atoms with van der Waals surface area (Å²) in [5.41, 5.74) is -0.445. The van der Waals surface area contributed by atoms with E-state index in [0.29, 0.717) is 19.0 Å². The van der Waals surface area contributed by atoms with Gasteiger partial charge in [0.05, 0.1) is 5.41 Å². The van der Waals surface area contributed by atoms with Gasteiger partial charge in [-0.2, -0.15) is 4.98 Å². The Hall–Kier alpha value is -0.980. The fraction of sp³-hybridized carbons (Fsp3) is 0.867. The molecule has 1 atom stereocenters. The lowest BCUT2D eigenvalue weighted by Crippen LogP contribution is -2.37. The second-order valence-corrected chi connectivity index (χ2v) is 6.19. The van der Waals surface area contributed by atoms with Gasteiger partial charge >= 0.3 is 0 Å². The third kappa shape index (κ3) is 2.60. The summed E-state index contributed by atoms with van der Waals surface area (Å²) in [4.78, 5) is 4.75. The number of nitrogens with zero attached hydrogens (tertiary/aromatic N) is 2. The van der Waals surface area contributed by atoms with Crippen LogP contribution in [0.5, 0.6) is 0 Å². The summed E-state index contributed by atoms with van der Waals surface area (Å²) in [6, 6.07) is 0. The molecule has 118 valence electrons. The minimum Gasteiger partial charge on any atom is -0.381 e. The number of hydrogen-bond acceptors (Lipinski definition) is 6. The molecule has 6 nitrogen and oxygen atoms in total. The monoisotopic (exact) mass is 295 g/mol. The summed E-state index contributed by atoms with van der Waals surface area (Å²) in [6.07, 6.45) is 4.81. The van der Waals surface area contributed by atoms with E-state index in [9.17, 15) is 0 Å². The molecule has 1 unspecified atom stereocenters. The van der Waals surface area contributed by atoms with E-state index in [1.165, 1.54) is 0 Å². The van der Waals surface area contributed by atoms with Crippen LogP contribution in [0.1, 0.15) is 50.7 Å². The SMILES string of the molecule is CCCC1(c2nc(C3(OC)CCOCC3)no2)CCNC1. The Bertz CT molecular complexity index is 443. The molecule has 3 rings (SSSR count). The van der Waals surface area contributed by atoms with Gasteiger partial charge in [-0.3, -0.25) is 0 Å². The van der Waals surface area contributed by atoms with Crippen LogP contribution in [0.4, 0.5) is 0 Å². The van der Waals surface area contributed by atoms with Gasteiger partial charge in [-0.15, -0.1) is 0 Å². The maximum absolute atomic E-state index is 5.75. The second-order valence-electron chi connectivity index (χ2n) is 6.19. The van der Waals surface area contributed by atoms with Crippen molar-refractivity contribution in [2.45, 2.75) is 50.0 Å². The Morgan fingerprint density at radius 1 is 1.29 bits per heavy atom. The van der Waals surface area contributed by atoms with Crippen LogP contribution in [0.15, 0.2) is 4.52 Å². The van der Waals surface area contributed by atoms with Gasteiger partial charge in [-0.1, -0.05) is 18.5 Å². The van der Waals surface area contributed by atoms with Crippen molar-refractivity contribution in [3.8, 4) is 0 Å². The predicted octanol–water partition coefficient (Wildman–Crippen LogP) is 1.75. The number of methoxy groups -OCH3 is 1. The maximum atomic E-state index is 5.75. The quantitative estimate of drug-likeness (QED) is 0.892. The van der Waals surface area contributed by atoms with Crippen molar-refractivity contribution in [3.63, 3.8) is 0 Å². The highest BCUT2D eigenvalue weighted by Gasteiger charge is 2.44. The fourth-order valence-electron chi connectivity index (χ4n) is 3.57. The second kappa shape index (κ2) is 6.02. The van der Waals surface area contributed by atoms with Crippen LogP contribution in [0.25, 0.3) is 0 Å². The van der Waals surface area contributed by atoms with E-state index in [0.717, 1.165) is 51.1 Å². The zero-order chi connectivity index (χ0) is 14.8. The summed E-state index contributed by atoms with van der Waals surface area (Å²) in [7, 11) is 1.72. The third-order valence-corrected chi connectivity index (χ3v) is 4.95. The molecule has 0 aromatic carbocycles. The molecule has 2 aliphatic heterocycles. The lowest BCUT2D eigenvalue weighted by molar-refractivity contribution is -0.101. The Labute approximate surface area is 125 Å². The van der Waals surface area contributed by atoms with E-state index < -0.39 is 5.60 Å². The first-order valence-corrected chi connectivity index (χ1v) is 7.93. The van der Waals surface area contributed by atoms with Gasteiger partial charge in [0.1, 0.15) is 5.60 Å². The van der Waals surface area contributed by atoms with Crippen LogP contribution in [0.3, 0.4) is 0 Å². The summed E-state index contributed by atoms with van der Waals surface area (Å²) < 4.78 is 16.9. The van der Waals surface area contributed by atoms with Gasteiger partial charge in [0.25, 0.3) is 0 Å². The summed E-state index contributed by atoms with van der Waals surface area (Å²) in [6.45, 7) is 5.50. The topological polar surface area (TPSA) is 69.4 Å². The number of hydrogen-bond donors (Lipinski definition) is 1. The first-order valence-electron chi connectivity index (χ1n) is 7.93. The molecular formula is C15H25N3O3. The van der Waals surface area contributed by atoms with Crippen LogP contribution in [-0.4, -0.2) is 43.6 Å². The Balaban J connectivity index is 1.88. The van der Waals surface area contributed by atoms with Crippen molar-refractivity contribution in [2.75, 3.05) is 33.4 Å². The molecule has 1 aromatic heterocycles. The van der Waals surface area contributed by atoms with Gasteiger partial charge in [-0.25, -0.2) is 0 Å². The summed E-state index contributed by atoms with van der Waals surface area (Å²) in [5.74, 6) is 1.46. The molecule has 0 spiro atoms. The predicted molar refractivity (Wildman–Crippen MR) is 77.1 cm³/mol. The van der Waals surface area contributed by atoms with Crippen molar-refractivity contribution in [2.24, 2.45) is 0 Å². The molecule has 2 fully saturated rings. The Kier molecular flexibility index (Phi) is 4.28. The minimum absolute atomic E-state index is 0.0000974. The molecule has 0 bridgehead atoms. The average molecular weight is 295 g/mol. The van der Waals surface area contributed by atoms with Crippen LogP contribution < -0.4 is 5.32 Å². The molecular weight excluding hydrogens is 270 g/mol. The van der Waals surface area contributed by atoms with E-state index >= 15 is 0 Å². The highest BCUT2D eigenvalue weighted by molar-refractivity contribution is 5.13. The van der Waals surface area contributed by atoms with Crippen molar-refractivity contribution in [1.82, 2.24) is 15.5 Å². The molecule has 2 saturated heterocycles. The van der Waals surface area contributed by atoms with Gasteiger partial charge in [0, 0.05) is 39.7 Å². The van der Waals surface area contributed by atoms with Crippen molar-refractivity contribution in [1.29, 1.82) is 0 Å². The molecule has 0 aliphatic carbocycles. The molecule has 1 N–H and O–H groups in total. The van der Waals surface area contributed by atoms with Crippen molar-refractivity contribution < 1.29 is 14.0 Å². The lowest BCUT2D eigenvalue weighted by atomic mass is 9.82. The van der Waals surface area contributed by atoms with Gasteiger partial charge < -0.3 is 19.3 Å². The highest BCUT2D eigenvalue weighted by Crippen LogP contribution is 2.38. The maximum Gasteiger partial charge on any atom is 0.234 e. The number of nitrogens with one attached hydrogen (secondary N) is 1. The van der Waals surface area contributed by atoms with Crippen LogP contribution >= 0.6 is 0 Å². The molecule has 6 heteroatoms. The zero-order valence-electron chi connectivity index (χ0n) is 13.0. The first kappa shape index (κ1) is 14.9. The van der Waals surface area contributed by atoms with Gasteiger partial charge in [0.2, 0.25) is 11.7 Å². The first-order chi connectivity index (χ1) is 10.2. The third-order valence-electron chi connectivity index (χ3n) is 4.95. The van der Waals surface area contributed by atoms with E-state index in [1.807, 2.05) is 0 Å². The van der Waals surface area contributed by atoms with E-state index in [2.05, 4.69) is 17.4 Å². The minimum atomic E-state index is -0.445. The molecule has 0 radical (unpaired) electrons. The Morgan fingerprint density at radius 2 is 2.10 bits per heavy atom. The van der Waals surface area contributed by atoms with Crippen LogP contribution in [-0.2, 0) is 20.5 Å². The highest BCUT2D eigenvalue weighted by atomic mass is 16.5. The van der Waals surface area contributed by atoms with Crippen LogP contribution in [0, 0.1) is 0 Å². The normalized spacial score (nSPS) is 28.9. The largest absolute Gasteiger partial charge is 0.381 e. The van der Waals surface area contributed by atoms with E-state index in [4.69, 9.17) is 19.0 Å². The summed E-state index contributed by atoms with van der Waals surface area (Å²) in [5, 5.41) is 7.69. The molecule has 2 aliphatic rings. The molecule has 21 heavy (non-hydrogen) atoms. The van der Waals surface area contributed by atoms with E-state index in [1.54, 1.807) is 7.11 Å². The zero-order valence-corrected chi connectivity index (χ0v) is 13.0. The molecule has 1 aromatic rings. The standard InChI is InChI=1S/C15H25N3O3/c1-3-4-14(5-8-16-11-14)13-17-12(18-21-13)15(19-2)6-9-20-10-7-15/h16H,3-11H2,1-2H3. The van der Waals surface area contributed by atoms with Gasteiger partial charge in [-0.05, 0) is 19.4 Å². The lowest BCUT2D eigenvalue weighted by Gasteiger charge is -2.32. The smallest absolute Gasteiger partial charge is 0.234 e. The summed E-state index contributed by atoms with van der Waals surface area (Å²) >= 11 is 0. The number of aromatic nitrogens is 2. The van der Waals surface area contributed by atoms with Gasteiger partial charge in [0.15, 0.2) is 0 Å². The molecule has 0 amide bonds. The number of rotatable bonds is 5. The average Bonchev–Trinajstić information content (AvgIpc) is 3.18. The Morgan fingerprint density at radius 3 is 2.71 bits per heavy atom. The van der Waals surface area contributed by atoms with Crippen LogP contribution in [0.2, 0.25) is 0 Å². The number of ether oxygens (including phenoxy) is 2. The van der Waals surface area contributed by atoms with Crippen molar-refractivity contribution in [3.05, 3.63) is 11.7 Å². The molecule has 3 heterocycles. The van der Waals surface area contributed by atoms with E-state index in [-0.39, 0.29) is 5.41 Å². The molecule has 0 saturated carbocycles. The van der Waals surface area contributed by atoms with Crippen molar-refractivity contribution >= 4 is 0 Å².